The highest BCUT2D eigenvalue weighted by Gasteiger charge is 2.28. The molecular weight excluding hydrogens is 182 g/mol. The van der Waals surface area contributed by atoms with Crippen LogP contribution in [0.15, 0.2) is 22.8 Å². The van der Waals surface area contributed by atoms with E-state index < -0.39 is 28.3 Å². The molecule has 0 heterocycles. The zero-order chi connectivity index (χ0) is 10.7. The molecule has 0 amide bonds. The summed E-state index contributed by atoms with van der Waals surface area (Å²) >= 11 is 0. The van der Waals surface area contributed by atoms with Crippen molar-refractivity contribution < 1.29 is 9.59 Å². The second-order valence-electron chi connectivity index (χ2n) is 2.34. The van der Waals surface area contributed by atoms with Crippen LogP contribution in [-0.4, -0.2) is 11.6 Å². The third kappa shape index (κ3) is 1.18. The highest BCUT2D eigenvalue weighted by molar-refractivity contribution is 6.27. The molecule has 5 heteroatoms. The lowest BCUT2D eigenvalue weighted by Crippen LogP contribution is -2.17. The second kappa shape index (κ2) is 3.35. The largest absolute Gasteiger partial charge is 0.288 e. The number of Topliss-reactive ketones (excluding diaryl/α,β-unsaturated/α-hetero) is 1. The van der Waals surface area contributed by atoms with E-state index in [2.05, 4.69) is 0 Å². The number of allylic oxidation sites excluding steroid dienone is 4. The van der Waals surface area contributed by atoms with Crippen molar-refractivity contribution in [2.24, 2.45) is 0 Å². The van der Waals surface area contributed by atoms with Gasteiger partial charge in [-0.05, 0) is 0 Å². The van der Waals surface area contributed by atoms with Crippen LogP contribution in [-0.2, 0) is 9.59 Å². The van der Waals surface area contributed by atoms with E-state index in [0.717, 1.165) is 6.08 Å². The van der Waals surface area contributed by atoms with Crippen molar-refractivity contribution in [2.45, 2.75) is 0 Å². The average molecular weight is 183 g/mol. The fraction of sp³-hybridized carbons (Fsp3) is 0. The van der Waals surface area contributed by atoms with Gasteiger partial charge in [-0.1, -0.05) is 0 Å². The Labute approximate surface area is 78.8 Å². The molecule has 64 valence electrons. The van der Waals surface area contributed by atoms with Gasteiger partial charge in [-0.15, -0.1) is 0 Å². The van der Waals surface area contributed by atoms with E-state index in [1.807, 2.05) is 0 Å². The van der Waals surface area contributed by atoms with E-state index in [0.29, 0.717) is 0 Å². The molecule has 1 rings (SSSR count). The number of carbonyl (C=O) groups excluding carboxylic acids is 2. The summed E-state index contributed by atoms with van der Waals surface area (Å²) in [5.74, 6) is -1.65. The molecule has 0 saturated heterocycles. The van der Waals surface area contributed by atoms with Crippen molar-refractivity contribution >= 4 is 11.6 Å². The Bertz CT molecular complexity index is 518. The molecule has 0 aliphatic heterocycles. The van der Waals surface area contributed by atoms with E-state index in [4.69, 9.17) is 15.8 Å². The molecule has 0 saturated carbocycles. The lowest BCUT2D eigenvalue weighted by molar-refractivity contribution is -0.115. The maximum atomic E-state index is 11.2. The zero-order valence-electron chi connectivity index (χ0n) is 6.74. The van der Waals surface area contributed by atoms with Crippen LogP contribution in [0.4, 0.5) is 0 Å². The number of hydrogen-bond acceptors (Lipinski definition) is 5. The fourth-order valence-electron chi connectivity index (χ4n) is 0.941. The van der Waals surface area contributed by atoms with Crippen LogP contribution in [0.1, 0.15) is 0 Å². The van der Waals surface area contributed by atoms with Gasteiger partial charge in [-0.2, -0.15) is 15.8 Å². The number of nitriles is 3. The normalized spacial score (nSPS) is 15.4. The minimum Gasteiger partial charge on any atom is -0.288 e. The summed E-state index contributed by atoms with van der Waals surface area (Å²) in [6.45, 7) is 0. The molecule has 5 nitrogen and oxygen atoms in total. The maximum Gasteiger partial charge on any atom is 0.215 e. The Morgan fingerprint density at radius 2 is 1.50 bits per heavy atom. The lowest BCUT2D eigenvalue weighted by Gasteiger charge is -2.04. The predicted molar refractivity (Wildman–Crippen MR) is 42.0 cm³/mol. The molecule has 0 aromatic heterocycles. The molecule has 1 aliphatic carbocycles. The van der Waals surface area contributed by atoms with Crippen molar-refractivity contribution in [3.8, 4) is 18.2 Å². The van der Waals surface area contributed by atoms with Crippen LogP contribution < -0.4 is 0 Å². The van der Waals surface area contributed by atoms with E-state index >= 15 is 0 Å². The van der Waals surface area contributed by atoms with Gasteiger partial charge in [-0.3, -0.25) is 9.59 Å². The first kappa shape index (κ1) is 9.38. The van der Waals surface area contributed by atoms with Gasteiger partial charge in [0.2, 0.25) is 5.78 Å². The van der Waals surface area contributed by atoms with Gasteiger partial charge in [0.05, 0.1) is 0 Å². The first-order valence-electron chi connectivity index (χ1n) is 3.41. The van der Waals surface area contributed by atoms with Gasteiger partial charge >= 0.3 is 0 Å². The highest BCUT2D eigenvalue weighted by Crippen LogP contribution is 2.17. The van der Waals surface area contributed by atoms with Gasteiger partial charge in [0.1, 0.15) is 34.9 Å². The second-order valence-corrected chi connectivity index (χ2v) is 2.34. The van der Waals surface area contributed by atoms with E-state index in [1.165, 1.54) is 18.2 Å². The first-order chi connectivity index (χ1) is 6.65. The van der Waals surface area contributed by atoms with E-state index in [9.17, 15) is 9.59 Å². The molecule has 0 spiro atoms. The van der Waals surface area contributed by atoms with Crippen LogP contribution >= 0.6 is 0 Å². The zero-order valence-corrected chi connectivity index (χ0v) is 6.74. The average Bonchev–Trinajstić information content (AvgIpc) is 2.20. The maximum absolute atomic E-state index is 11.2. The van der Waals surface area contributed by atoms with Crippen molar-refractivity contribution in [1.82, 2.24) is 0 Å². The van der Waals surface area contributed by atoms with Crippen LogP contribution in [0.2, 0.25) is 0 Å². The van der Waals surface area contributed by atoms with Gasteiger partial charge in [0.15, 0.2) is 5.78 Å². The standard InChI is InChI=1S/C9HN3O2/c10-2-5-1-8(13)6(3-11)7(4-12)9(5)14/h1H. The smallest absolute Gasteiger partial charge is 0.215 e. The van der Waals surface area contributed by atoms with E-state index in [1.54, 1.807) is 0 Å². The Balaban J connectivity index is 3.44. The Morgan fingerprint density at radius 3 is 1.93 bits per heavy atom. The Morgan fingerprint density at radius 1 is 0.929 bits per heavy atom. The molecule has 0 atom stereocenters. The topological polar surface area (TPSA) is 106 Å². The molecule has 0 aromatic carbocycles. The third-order valence-electron chi connectivity index (χ3n) is 1.59. The molecule has 0 bridgehead atoms. The summed E-state index contributed by atoms with van der Waals surface area (Å²) in [7, 11) is 0. The molecular formula is C9HN3O2. The van der Waals surface area contributed by atoms with Gasteiger partial charge in [0.25, 0.3) is 0 Å². The summed E-state index contributed by atoms with van der Waals surface area (Å²) in [4.78, 5) is 22.3. The van der Waals surface area contributed by atoms with Crippen molar-refractivity contribution in [3.63, 3.8) is 0 Å². The van der Waals surface area contributed by atoms with Gasteiger partial charge in [0, 0.05) is 6.08 Å². The SMILES string of the molecule is N#CC1=CC(=O)C(C#N)=C(C#N)C1=O. The molecule has 0 fully saturated rings. The van der Waals surface area contributed by atoms with Crippen molar-refractivity contribution in [3.05, 3.63) is 22.8 Å². The minimum atomic E-state index is -0.869. The molecule has 0 N–H and O–H groups in total. The van der Waals surface area contributed by atoms with Crippen LogP contribution in [0.25, 0.3) is 0 Å². The molecule has 1 aliphatic rings. The fourth-order valence-corrected chi connectivity index (χ4v) is 0.941. The number of rotatable bonds is 0. The summed E-state index contributed by atoms with van der Waals surface area (Å²) in [5, 5.41) is 25.5. The quantitative estimate of drug-likeness (QED) is 0.488. The van der Waals surface area contributed by atoms with Gasteiger partial charge in [-0.25, -0.2) is 0 Å². The molecule has 0 aromatic rings. The summed E-state index contributed by atoms with van der Waals surface area (Å²) in [6, 6.07) is 4.40. The molecule has 0 radical (unpaired) electrons. The van der Waals surface area contributed by atoms with Gasteiger partial charge < -0.3 is 0 Å². The Hall–Kier alpha value is -2.71. The van der Waals surface area contributed by atoms with Crippen LogP contribution in [0.3, 0.4) is 0 Å². The number of ketones is 2. The number of nitrogens with zero attached hydrogens (tertiary/aromatic N) is 3. The van der Waals surface area contributed by atoms with Crippen LogP contribution in [0, 0.1) is 34.0 Å². The number of hydrogen-bond donors (Lipinski definition) is 0. The molecule has 0 unspecified atom stereocenters. The van der Waals surface area contributed by atoms with Crippen molar-refractivity contribution in [2.75, 3.05) is 0 Å². The third-order valence-corrected chi connectivity index (χ3v) is 1.59. The van der Waals surface area contributed by atoms with Crippen LogP contribution in [0.5, 0.6) is 0 Å². The molecule has 14 heavy (non-hydrogen) atoms. The Kier molecular flexibility index (Phi) is 2.24. The lowest BCUT2D eigenvalue weighted by atomic mass is 9.91. The van der Waals surface area contributed by atoms with E-state index in [-0.39, 0.29) is 0 Å². The highest BCUT2D eigenvalue weighted by atomic mass is 16.1. The summed E-state index contributed by atoms with van der Waals surface area (Å²) in [5.41, 5.74) is -1.47. The number of carbonyl (C=O) groups is 2. The summed E-state index contributed by atoms with van der Waals surface area (Å²) in [6.07, 6.45) is 0.766. The summed E-state index contributed by atoms with van der Waals surface area (Å²) < 4.78 is 0. The monoisotopic (exact) mass is 183 g/mol. The predicted octanol–water partition coefficient (Wildman–Crippen LogP) is -0.0681. The van der Waals surface area contributed by atoms with Crippen molar-refractivity contribution in [1.29, 1.82) is 15.8 Å². The first-order valence-corrected chi connectivity index (χ1v) is 3.41. The minimum absolute atomic E-state index is 0.412.